The van der Waals surface area contributed by atoms with E-state index in [9.17, 15) is 9.59 Å². The maximum Gasteiger partial charge on any atom is 0.331 e. The van der Waals surface area contributed by atoms with Gasteiger partial charge in [-0.15, -0.1) is 0 Å². The third-order valence-electron chi connectivity index (χ3n) is 4.19. The van der Waals surface area contributed by atoms with Gasteiger partial charge in [0.1, 0.15) is 0 Å². The Morgan fingerprint density at radius 2 is 1.90 bits per heavy atom. The van der Waals surface area contributed by atoms with Gasteiger partial charge in [-0.25, -0.2) is 4.79 Å². The van der Waals surface area contributed by atoms with Crippen LogP contribution in [0.5, 0.6) is 11.5 Å². The van der Waals surface area contributed by atoms with Crippen molar-refractivity contribution in [3.63, 3.8) is 0 Å². The second kappa shape index (κ2) is 11.1. The molecule has 0 fully saturated rings. The average Bonchev–Trinajstić information content (AvgIpc) is 2.71. The Bertz CT molecular complexity index is 895. The van der Waals surface area contributed by atoms with E-state index in [2.05, 4.69) is 5.32 Å². The molecule has 6 nitrogen and oxygen atoms in total. The number of carbonyl (C=O) groups is 2. The molecular weight excluding hydrogens is 394 g/mol. The summed E-state index contributed by atoms with van der Waals surface area (Å²) in [6.07, 6.45) is 3.46. The van der Waals surface area contributed by atoms with Crippen LogP contribution in [0.15, 0.2) is 42.5 Å². The summed E-state index contributed by atoms with van der Waals surface area (Å²) >= 11 is 6.13. The topological polar surface area (TPSA) is 73.9 Å². The SMILES string of the molecule is COc1cc(/C=C/C(=O)OCC(=O)NCCc2ccccc2C)cc(Cl)c1OC. The fraction of sp³-hybridized carbons (Fsp3) is 0.273. The Kier molecular flexibility index (Phi) is 8.55. The highest BCUT2D eigenvalue weighted by Gasteiger charge is 2.10. The molecule has 2 aromatic carbocycles. The highest BCUT2D eigenvalue weighted by molar-refractivity contribution is 6.32. The molecule has 154 valence electrons. The van der Waals surface area contributed by atoms with E-state index in [-0.39, 0.29) is 12.5 Å². The second-order valence-corrected chi connectivity index (χ2v) is 6.61. The first-order valence-corrected chi connectivity index (χ1v) is 9.40. The van der Waals surface area contributed by atoms with Gasteiger partial charge >= 0.3 is 5.97 Å². The van der Waals surface area contributed by atoms with Gasteiger partial charge in [-0.05, 0) is 48.2 Å². The first-order chi connectivity index (χ1) is 13.9. The van der Waals surface area contributed by atoms with Crippen LogP contribution in [0.4, 0.5) is 0 Å². The number of halogens is 1. The van der Waals surface area contributed by atoms with Crippen LogP contribution in [0, 0.1) is 6.92 Å². The summed E-state index contributed by atoms with van der Waals surface area (Å²) in [4.78, 5) is 23.7. The Labute approximate surface area is 175 Å². The molecule has 0 saturated carbocycles. The number of amides is 1. The average molecular weight is 418 g/mol. The van der Waals surface area contributed by atoms with Crippen molar-refractivity contribution in [2.45, 2.75) is 13.3 Å². The van der Waals surface area contributed by atoms with Crippen LogP contribution >= 0.6 is 11.6 Å². The largest absolute Gasteiger partial charge is 0.493 e. The normalized spacial score (nSPS) is 10.6. The number of nitrogens with one attached hydrogen (secondary N) is 1. The van der Waals surface area contributed by atoms with Crippen LogP contribution in [-0.4, -0.2) is 39.2 Å². The van der Waals surface area contributed by atoms with Gasteiger partial charge in [0.05, 0.1) is 19.2 Å². The summed E-state index contributed by atoms with van der Waals surface area (Å²) in [5.74, 6) is -0.128. The van der Waals surface area contributed by atoms with Crippen LogP contribution in [0.3, 0.4) is 0 Å². The number of hydrogen-bond donors (Lipinski definition) is 1. The van der Waals surface area contributed by atoms with Crippen molar-refractivity contribution < 1.29 is 23.8 Å². The van der Waals surface area contributed by atoms with Crippen molar-refractivity contribution in [1.29, 1.82) is 0 Å². The summed E-state index contributed by atoms with van der Waals surface area (Å²) < 4.78 is 15.3. The Morgan fingerprint density at radius 1 is 1.14 bits per heavy atom. The molecule has 0 aliphatic rings. The third-order valence-corrected chi connectivity index (χ3v) is 4.47. The molecule has 0 aliphatic carbocycles. The van der Waals surface area contributed by atoms with Crippen LogP contribution < -0.4 is 14.8 Å². The standard InChI is InChI=1S/C22H24ClNO5/c1-15-6-4-5-7-17(15)10-11-24-20(25)14-29-21(26)9-8-16-12-18(23)22(28-3)19(13-16)27-2/h4-9,12-13H,10-11,14H2,1-3H3,(H,24,25)/b9-8+. The molecule has 2 rings (SSSR count). The molecule has 0 aromatic heterocycles. The Morgan fingerprint density at radius 3 is 2.59 bits per heavy atom. The Hall–Kier alpha value is -2.99. The zero-order chi connectivity index (χ0) is 21.2. The van der Waals surface area contributed by atoms with Gasteiger partial charge in [-0.1, -0.05) is 35.9 Å². The number of esters is 1. The summed E-state index contributed by atoms with van der Waals surface area (Å²) in [7, 11) is 2.98. The lowest BCUT2D eigenvalue weighted by Gasteiger charge is -2.10. The number of methoxy groups -OCH3 is 2. The van der Waals surface area contributed by atoms with Gasteiger partial charge in [-0.2, -0.15) is 0 Å². The summed E-state index contributed by atoms with van der Waals surface area (Å²) in [6, 6.07) is 11.3. The zero-order valence-corrected chi connectivity index (χ0v) is 17.4. The lowest BCUT2D eigenvalue weighted by molar-refractivity contribution is -0.143. The van der Waals surface area contributed by atoms with Gasteiger partial charge in [0.2, 0.25) is 0 Å². The molecule has 0 atom stereocenters. The zero-order valence-electron chi connectivity index (χ0n) is 16.7. The molecule has 0 bridgehead atoms. The van der Waals surface area contributed by atoms with E-state index in [1.54, 1.807) is 12.1 Å². The number of hydrogen-bond acceptors (Lipinski definition) is 5. The predicted octanol–water partition coefficient (Wildman–Crippen LogP) is 3.58. The highest BCUT2D eigenvalue weighted by atomic mass is 35.5. The second-order valence-electron chi connectivity index (χ2n) is 6.21. The van der Waals surface area contributed by atoms with Crippen molar-refractivity contribution in [3.8, 4) is 11.5 Å². The van der Waals surface area contributed by atoms with Crippen molar-refractivity contribution >= 4 is 29.6 Å². The number of benzene rings is 2. The molecule has 0 unspecified atom stereocenters. The smallest absolute Gasteiger partial charge is 0.331 e. The minimum absolute atomic E-state index is 0.344. The van der Waals surface area contributed by atoms with Crippen LogP contribution in [0.2, 0.25) is 5.02 Å². The van der Waals surface area contributed by atoms with Crippen LogP contribution in [-0.2, 0) is 20.7 Å². The van der Waals surface area contributed by atoms with Gasteiger partial charge in [-0.3, -0.25) is 4.79 Å². The van der Waals surface area contributed by atoms with Crippen molar-refractivity contribution in [2.24, 2.45) is 0 Å². The van der Waals surface area contributed by atoms with Crippen LogP contribution in [0.25, 0.3) is 6.08 Å². The fourth-order valence-electron chi connectivity index (χ4n) is 2.66. The van der Waals surface area contributed by atoms with E-state index in [0.717, 1.165) is 0 Å². The quantitative estimate of drug-likeness (QED) is 0.498. The summed E-state index contributed by atoms with van der Waals surface area (Å²) in [5.41, 5.74) is 2.97. The first-order valence-electron chi connectivity index (χ1n) is 9.02. The minimum Gasteiger partial charge on any atom is -0.493 e. The van der Waals surface area contributed by atoms with E-state index >= 15 is 0 Å². The maximum absolute atomic E-state index is 11.8. The molecule has 1 amide bonds. The molecule has 0 radical (unpaired) electrons. The van der Waals surface area contributed by atoms with Gasteiger partial charge < -0.3 is 19.5 Å². The molecule has 1 N–H and O–H groups in total. The molecule has 29 heavy (non-hydrogen) atoms. The predicted molar refractivity (Wildman–Crippen MR) is 112 cm³/mol. The van der Waals surface area contributed by atoms with E-state index in [1.165, 1.54) is 37.5 Å². The molecule has 0 spiro atoms. The van der Waals surface area contributed by atoms with Crippen molar-refractivity contribution in [1.82, 2.24) is 5.32 Å². The van der Waals surface area contributed by atoms with Gasteiger partial charge in [0.15, 0.2) is 18.1 Å². The molecule has 0 saturated heterocycles. The van der Waals surface area contributed by atoms with Crippen molar-refractivity contribution in [2.75, 3.05) is 27.4 Å². The van der Waals surface area contributed by atoms with Gasteiger partial charge in [0, 0.05) is 12.6 Å². The summed E-state index contributed by atoms with van der Waals surface area (Å²) in [6.45, 7) is 2.15. The van der Waals surface area contributed by atoms with E-state index in [0.29, 0.717) is 35.1 Å². The molecule has 7 heteroatoms. The lowest BCUT2D eigenvalue weighted by Crippen LogP contribution is -2.30. The van der Waals surface area contributed by atoms with E-state index in [4.69, 9.17) is 25.8 Å². The molecule has 2 aromatic rings. The van der Waals surface area contributed by atoms with E-state index < -0.39 is 5.97 Å². The highest BCUT2D eigenvalue weighted by Crippen LogP contribution is 2.36. The monoisotopic (exact) mass is 417 g/mol. The Balaban J connectivity index is 1.79. The minimum atomic E-state index is -0.634. The van der Waals surface area contributed by atoms with Crippen LogP contribution in [0.1, 0.15) is 16.7 Å². The third kappa shape index (κ3) is 6.84. The molecule has 0 heterocycles. The molecule has 0 aliphatic heterocycles. The number of aryl methyl sites for hydroxylation is 1. The van der Waals surface area contributed by atoms with Crippen molar-refractivity contribution in [3.05, 3.63) is 64.2 Å². The maximum atomic E-state index is 11.8. The fourth-order valence-corrected chi connectivity index (χ4v) is 2.96. The molecular formula is C22H24ClNO5. The lowest BCUT2D eigenvalue weighted by atomic mass is 10.1. The number of ether oxygens (including phenoxy) is 3. The van der Waals surface area contributed by atoms with E-state index in [1.807, 2.05) is 31.2 Å². The van der Waals surface area contributed by atoms with Gasteiger partial charge in [0.25, 0.3) is 5.91 Å². The first kappa shape index (κ1) is 22.3. The number of carbonyl (C=O) groups excluding carboxylic acids is 2. The number of rotatable bonds is 9. The summed E-state index contributed by atoms with van der Waals surface area (Å²) in [5, 5.41) is 3.09.